The number of hydrogen-bond donors (Lipinski definition) is 2. The van der Waals surface area contributed by atoms with Crippen molar-refractivity contribution >= 4 is 40.6 Å². The Hall–Kier alpha value is -4.01. The largest absolute Gasteiger partial charge is 0.461 e. The van der Waals surface area contributed by atoms with Crippen molar-refractivity contribution in [2.45, 2.75) is 32.7 Å². The highest BCUT2D eigenvalue weighted by molar-refractivity contribution is 6.03. The van der Waals surface area contributed by atoms with Gasteiger partial charge in [-0.2, -0.15) is 0 Å². The molecular formula is C27H30FN5O3. The molecule has 0 bridgehead atoms. The van der Waals surface area contributed by atoms with Gasteiger partial charge in [0.1, 0.15) is 17.2 Å². The summed E-state index contributed by atoms with van der Waals surface area (Å²) < 4.78 is 19.4. The van der Waals surface area contributed by atoms with Crippen molar-refractivity contribution in [3.05, 3.63) is 65.7 Å². The smallest absolute Gasteiger partial charge is 0.239 e. The first kappa shape index (κ1) is 25.1. The summed E-state index contributed by atoms with van der Waals surface area (Å²) in [4.78, 5) is 35.8. The van der Waals surface area contributed by atoms with Crippen LogP contribution in [-0.4, -0.2) is 49.0 Å². The van der Waals surface area contributed by atoms with Gasteiger partial charge in [-0.25, -0.2) is 9.38 Å². The highest BCUT2D eigenvalue weighted by atomic mass is 19.1. The quantitative estimate of drug-likeness (QED) is 0.397. The SMILES string of the molecule is CN=C(/N=C\C1CCCCN(CC(=O)NCc2ccccc2F)C1=O)Nc1ccc2oc(C)cc2c1. The molecule has 0 aliphatic carbocycles. The van der Waals surface area contributed by atoms with E-state index in [1.807, 2.05) is 31.2 Å². The zero-order valence-electron chi connectivity index (χ0n) is 20.5. The van der Waals surface area contributed by atoms with Gasteiger partial charge in [0.15, 0.2) is 0 Å². The third-order valence-corrected chi connectivity index (χ3v) is 6.07. The number of hydrogen-bond acceptors (Lipinski definition) is 4. The first-order valence-electron chi connectivity index (χ1n) is 12.0. The molecule has 2 heterocycles. The lowest BCUT2D eigenvalue weighted by molar-refractivity contribution is -0.137. The number of nitrogens with one attached hydrogen (secondary N) is 2. The molecule has 1 fully saturated rings. The number of likely N-dealkylation sites (tertiary alicyclic amines) is 1. The molecule has 0 radical (unpaired) electrons. The second kappa shape index (κ2) is 11.6. The normalized spacial score (nSPS) is 17.0. The molecule has 36 heavy (non-hydrogen) atoms. The fraction of sp³-hybridized carbons (Fsp3) is 0.333. The summed E-state index contributed by atoms with van der Waals surface area (Å²) in [6, 6.07) is 13.9. The molecule has 3 aromatic rings. The predicted octanol–water partition coefficient (Wildman–Crippen LogP) is 4.29. The third-order valence-electron chi connectivity index (χ3n) is 6.07. The lowest BCUT2D eigenvalue weighted by Crippen LogP contribution is -2.43. The van der Waals surface area contributed by atoms with Crippen LogP contribution < -0.4 is 10.6 Å². The summed E-state index contributed by atoms with van der Waals surface area (Å²) in [6.45, 7) is 2.39. The molecule has 8 nitrogen and oxygen atoms in total. The molecule has 2 amide bonds. The number of nitrogens with zero attached hydrogens (tertiary/aromatic N) is 3. The average molecular weight is 492 g/mol. The summed E-state index contributed by atoms with van der Waals surface area (Å²) >= 11 is 0. The molecular weight excluding hydrogens is 461 g/mol. The topological polar surface area (TPSA) is 99.3 Å². The van der Waals surface area contributed by atoms with Gasteiger partial charge in [-0.3, -0.25) is 14.6 Å². The van der Waals surface area contributed by atoms with Crippen LogP contribution >= 0.6 is 0 Å². The Bertz CT molecular complexity index is 1300. The number of guanidine groups is 1. The lowest BCUT2D eigenvalue weighted by Gasteiger charge is -2.22. The molecule has 1 aliphatic rings. The molecule has 4 rings (SSSR count). The van der Waals surface area contributed by atoms with Crippen LogP contribution in [0, 0.1) is 18.7 Å². The summed E-state index contributed by atoms with van der Waals surface area (Å²) in [5.41, 5.74) is 2.01. The molecule has 1 aromatic heterocycles. The van der Waals surface area contributed by atoms with Crippen molar-refractivity contribution in [3.8, 4) is 0 Å². The minimum atomic E-state index is -0.454. The molecule has 2 N–H and O–H groups in total. The zero-order valence-corrected chi connectivity index (χ0v) is 20.5. The molecule has 1 unspecified atom stereocenters. The summed E-state index contributed by atoms with van der Waals surface area (Å²) in [7, 11) is 1.63. The van der Waals surface area contributed by atoms with Crippen molar-refractivity contribution in [2.24, 2.45) is 15.9 Å². The Morgan fingerprint density at radius 3 is 2.86 bits per heavy atom. The van der Waals surface area contributed by atoms with Crippen LogP contribution in [0.25, 0.3) is 11.0 Å². The summed E-state index contributed by atoms with van der Waals surface area (Å²) in [6.07, 6.45) is 3.90. The van der Waals surface area contributed by atoms with Crippen LogP contribution in [0.4, 0.5) is 10.1 Å². The molecule has 2 aromatic carbocycles. The van der Waals surface area contributed by atoms with E-state index < -0.39 is 5.92 Å². The van der Waals surface area contributed by atoms with Gasteiger partial charge in [0, 0.05) is 43.0 Å². The summed E-state index contributed by atoms with van der Waals surface area (Å²) in [5, 5.41) is 6.84. The molecule has 1 atom stereocenters. The number of anilines is 1. The van der Waals surface area contributed by atoms with Gasteiger partial charge in [-0.15, -0.1) is 0 Å². The maximum Gasteiger partial charge on any atom is 0.239 e. The Labute approximate surface area is 209 Å². The number of amides is 2. The van der Waals surface area contributed by atoms with Gasteiger partial charge in [0.2, 0.25) is 17.8 Å². The van der Waals surface area contributed by atoms with Crippen LogP contribution in [0.5, 0.6) is 0 Å². The number of aryl methyl sites for hydroxylation is 1. The van der Waals surface area contributed by atoms with Crippen LogP contribution in [0.1, 0.15) is 30.6 Å². The van der Waals surface area contributed by atoms with Gasteiger partial charge in [-0.05, 0) is 50.1 Å². The molecule has 1 aliphatic heterocycles. The highest BCUT2D eigenvalue weighted by Crippen LogP contribution is 2.23. The van der Waals surface area contributed by atoms with Gasteiger partial charge in [0.25, 0.3) is 0 Å². The van der Waals surface area contributed by atoms with E-state index in [1.54, 1.807) is 36.4 Å². The molecule has 0 saturated carbocycles. The number of rotatable bonds is 6. The first-order chi connectivity index (χ1) is 17.4. The van der Waals surface area contributed by atoms with E-state index in [0.29, 0.717) is 24.5 Å². The van der Waals surface area contributed by atoms with Crippen molar-refractivity contribution in [1.82, 2.24) is 10.2 Å². The van der Waals surface area contributed by atoms with Crippen LogP contribution in [0.2, 0.25) is 0 Å². The zero-order chi connectivity index (χ0) is 25.5. The van der Waals surface area contributed by atoms with E-state index in [-0.39, 0.29) is 30.7 Å². The van der Waals surface area contributed by atoms with E-state index in [0.717, 1.165) is 35.3 Å². The lowest BCUT2D eigenvalue weighted by atomic mass is 10.0. The van der Waals surface area contributed by atoms with Crippen LogP contribution in [0.15, 0.2) is 62.9 Å². The second-order valence-corrected chi connectivity index (χ2v) is 8.79. The molecule has 0 spiro atoms. The van der Waals surface area contributed by atoms with Crippen LogP contribution in [0.3, 0.4) is 0 Å². The molecule has 9 heteroatoms. The highest BCUT2D eigenvalue weighted by Gasteiger charge is 2.27. The fourth-order valence-corrected chi connectivity index (χ4v) is 4.18. The minimum absolute atomic E-state index is 0.0740. The third kappa shape index (κ3) is 6.35. The van der Waals surface area contributed by atoms with E-state index in [2.05, 4.69) is 20.6 Å². The number of aliphatic imine (C=N–C) groups is 2. The molecule has 188 valence electrons. The van der Waals surface area contributed by atoms with Crippen molar-refractivity contribution in [3.63, 3.8) is 0 Å². The van der Waals surface area contributed by atoms with Crippen molar-refractivity contribution < 1.29 is 18.4 Å². The summed E-state index contributed by atoms with van der Waals surface area (Å²) in [5.74, 6) is -0.0941. The van der Waals surface area contributed by atoms with E-state index >= 15 is 0 Å². The van der Waals surface area contributed by atoms with E-state index in [9.17, 15) is 14.0 Å². The number of fused-ring (bicyclic) bond motifs is 1. The average Bonchev–Trinajstić information content (AvgIpc) is 3.15. The second-order valence-electron chi connectivity index (χ2n) is 8.79. The van der Waals surface area contributed by atoms with Crippen molar-refractivity contribution in [2.75, 3.05) is 25.5 Å². The Balaban J connectivity index is 1.36. The number of halogens is 1. The van der Waals surface area contributed by atoms with Gasteiger partial charge in [-0.1, -0.05) is 24.6 Å². The van der Waals surface area contributed by atoms with Gasteiger partial charge in [0.05, 0.1) is 12.5 Å². The first-order valence-corrected chi connectivity index (χ1v) is 12.0. The number of carbonyl (C=O) groups excluding carboxylic acids is 2. The monoisotopic (exact) mass is 491 g/mol. The van der Waals surface area contributed by atoms with Crippen LogP contribution in [-0.2, 0) is 16.1 Å². The Kier molecular flexibility index (Phi) is 8.10. The maximum atomic E-state index is 13.8. The number of benzene rings is 2. The van der Waals surface area contributed by atoms with Gasteiger partial charge < -0.3 is 20.0 Å². The van der Waals surface area contributed by atoms with E-state index in [4.69, 9.17) is 4.42 Å². The predicted molar refractivity (Wildman–Crippen MR) is 139 cm³/mol. The number of carbonyl (C=O) groups is 2. The van der Waals surface area contributed by atoms with E-state index in [1.165, 1.54) is 6.07 Å². The Morgan fingerprint density at radius 2 is 2.06 bits per heavy atom. The minimum Gasteiger partial charge on any atom is -0.461 e. The maximum absolute atomic E-state index is 13.8. The standard InChI is InChI=1S/C27H30FN5O3/c1-18-13-21-14-22(10-11-24(21)36-18)32-27(29-2)31-16-20-8-5-6-12-33(26(20)35)17-25(34)30-15-19-7-3-4-9-23(19)28/h3-4,7,9-11,13-14,16,20H,5-6,8,12,15,17H2,1-2H3,(H,29,32)(H,30,34)/b31-16-. The fourth-order valence-electron chi connectivity index (χ4n) is 4.18. The molecule has 1 saturated heterocycles. The number of furan rings is 1. The van der Waals surface area contributed by atoms with Gasteiger partial charge >= 0.3 is 0 Å². The Morgan fingerprint density at radius 1 is 1.22 bits per heavy atom. The van der Waals surface area contributed by atoms with Crippen molar-refractivity contribution in [1.29, 1.82) is 0 Å².